The van der Waals surface area contributed by atoms with Crippen molar-refractivity contribution in [3.8, 4) is 0 Å². The Morgan fingerprint density at radius 2 is 2.04 bits per heavy atom. The van der Waals surface area contributed by atoms with Crippen LogP contribution in [-0.2, 0) is 16.0 Å². The molecule has 0 bridgehead atoms. The summed E-state index contributed by atoms with van der Waals surface area (Å²) in [6, 6.07) is 5.34. The van der Waals surface area contributed by atoms with Crippen molar-refractivity contribution in [2.75, 3.05) is 5.32 Å². The number of aromatic nitrogens is 1. The second kappa shape index (κ2) is 8.45. The lowest BCUT2D eigenvalue weighted by molar-refractivity contribution is -0.126. The number of nitrogens with one attached hydrogen (secondary N) is 2. The minimum absolute atomic E-state index is 0.0190. The molecule has 0 aliphatic carbocycles. The summed E-state index contributed by atoms with van der Waals surface area (Å²) in [5, 5.41) is 6.72. The molecule has 0 saturated carbocycles. The summed E-state index contributed by atoms with van der Waals surface area (Å²) >= 11 is 7.74. The zero-order valence-corrected chi connectivity index (χ0v) is 16.3. The van der Waals surface area contributed by atoms with Crippen LogP contribution in [0, 0.1) is 12.8 Å². The van der Waals surface area contributed by atoms with E-state index >= 15 is 0 Å². The van der Waals surface area contributed by atoms with Crippen LogP contribution in [0.5, 0.6) is 0 Å². The zero-order chi connectivity index (χ0) is 18.6. The van der Waals surface area contributed by atoms with Crippen LogP contribution in [-0.4, -0.2) is 22.8 Å². The Hall–Kier alpha value is -1.92. The smallest absolute Gasteiger partial charge is 0.248 e. The van der Waals surface area contributed by atoms with E-state index in [1.807, 2.05) is 39.0 Å². The molecular formula is C18H22ClN3O2S. The highest BCUT2D eigenvalue weighted by Crippen LogP contribution is 2.26. The molecular weight excluding hydrogens is 358 g/mol. The average molecular weight is 380 g/mol. The third kappa shape index (κ3) is 5.28. The number of aryl methyl sites for hydroxylation is 1. The molecule has 1 heterocycles. The molecule has 2 aromatic rings. The fraction of sp³-hybridized carbons (Fsp3) is 0.389. The van der Waals surface area contributed by atoms with Crippen molar-refractivity contribution in [3.05, 3.63) is 45.4 Å². The van der Waals surface area contributed by atoms with Crippen molar-refractivity contribution < 1.29 is 9.59 Å². The van der Waals surface area contributed by atoms with E-state index in [-0.39, 0.29) is 17.7 Å². The van der Waals surface area contributed by atoms with Gasteiger partial charge in [-0.25, -0.2) is 4.98 Å². The van der Waals surface area contributed by atoms with Gasteiger partial charge in [0.2, 0.25) is 11.8 Å². The van der Waals surface area contributed by atoms with Gasteiger partial charge >= 0.3 is 0 Å². The summed E-state index contributed by atoms with van der Waals surface area (Å²) in [4.78, 5) is 28.9. The van der Waals surface area contributed by atoms with Crippen LogP contribution in [0.4, 0.5) is 5.13 Å². The monoisotopic (exact) mass is 379 g/mol. The Kier molecular flexibility index (Phi) is 6.56. The van der Waals surface area contributed by atoms with Crippen molar-refractivity contribution >= 4 is 39.9 Å². The molecule has 7 heteroatoms. The summed E-state index contributed by atoms with van der Waals surface area (Å²) in [7, 11) is 0. The van der Waals surface area contributed by atoms with Gasteiger partial charge in [0.05, 0.1) is 0 Å². The van der Waals surface area contributed by atoms with Crippen molar-refractivity contribution in [2.45, 2.75) is 40.2 Å². The Morgan fingerprint density at radius 3 is 2.68 bits per heavy atom. The van der Waals surface area contributed by atoms with Crippen molar-refractivity contribution in [1.29, 1.82) is 0 Å². The lowest BCUT2D eigenvalue weighted by Crippen LogP contribution is -2.46. The van der Waals surface area contributed by atoms with E-state index in [0.717, 1.165) is 21.0 Å². The summed E-state index contributed by atoms with van der Waals surface area (Å²) in [5.74, 6) is -0.517. The number of carbonyl (C=O) groups is 2. The minimum atomic E-state index is -0.587. The summed E-state index contributed by atoms with van der Waals surface area (Å²) in [6.07, 6.45) is 2.40. The predicted molar refractivity (Wildman–Crippen MR) is 102 cm³/mol. The van der Waals surface area contributed by atoms with Crippen LogP contribution >= 0.6 is 22.9 Å². The molecule has 0 fully saturated rings. The van der Waals surface area contributed by atoms with Gasteiger partial charge in [0, 0.05) is 29.4 Å². The van der Waals surface area contributed by atoms with Gasteiger partial charge < -0.3 is 10.6 Å². The second-order valence-corrected chi connectivity index (χ2v) is 7.76. The normalized spacial score (nSPS) is 12.1. The molecule has 1 aromatic carbocycles. The lowest BCUT2D eigenvalue weighted by Gasteiger charge is -2.20. The van der Waals surface area contributed by atoms with Crippen LogP contribution in [0.15, 0.2) is 24.4 Å². The SMILES string of the molecule is CC(=O)N[C@@H](C(=O)Nc1ncc(Cc2cccc(C)c2Cl)s1)C(C)C. The molecule has 0 radical (unpaired) electrons. The molecule has 0 unspecified atom stereocenters. The first-order valence-corrected chi connectivity index (χ1v) is 9.24. The Morgan fingerprint density at radius 1 is 1.32 bits per heavy atom. The number of hydrogen-bond donors (Lipinski definition) is 2. The van der Waals surface area contributed by atoms with Gasteiger partial charge in [-0.05, 0) is 24.0 Å². The largest absolute Gasteiger partial charge is 0.344 e. The van der Waals surface area contributed by atoms with E-state index in [4.69, 9.17) is 11.6 Å². The summed E-state index contributed by atoms with van der Waals surface area (Å²) < 4.78 is 0. The standard InChI is InChI=1S/C18H22ClN3O2S/c1-10(2)16(21-12(4)23)17(24)22-18-20-9-14(25-18)8-13-7-5-6-11(3)15(13)19/h5-7,9-10,16H,8H2,1-4H3,(H,21,23)(H,20,22,24)/t16-/m1/s1. The molecule has 5 nitrogen and oxygen atoms in total. The Balaban J connectivity index is 2.06. The molecule has 2 N–H and O–H groups in total. The Labute approximate surface area is 156 Å². The number of rotatable bonds is 6. The number of benzene rings is 1. The molecule has 25 heavy (non-hydrogen) atoms. The third-order valence-electron chi connectivity index (χ3n) is 3.73. The van der Waals surface area contributed by atoms with E-state index < -0.39 is 6.04 Å². The van der Waals surface area contributed by atoms with Gasteiger partial charge in [-0.15, -0.1) is 11.3 Å². The van der Waals surface area contributed by atoms with Crippen LogP contribution in [0.2, 0.25) is 5.02 Å². The fourth-order valence-corrected chi connectivity index (χ4v) is 3.45. The van der Waals surface area contributed by atoms with Gasteiger partial charge in [-0.1, -0.05) is 43.6 Å². The maximum atomic E-state index is 12.4. The molecule has 134 valence electrons. The first-order valence-electron chi connectivity index (χ1n) is 8.04. The van der Waals surface area contributed by atoms with Crippen LogP contribution in [0.25, 0.3) is 0 Å². The van der Waals surface area contributed by atoms with Gasteiger partial charge in [-0.3, -0.25) is 9.59 Å². The average Bonchev–Trinajstić information content (AvgIpc) is 2.96. The number of thiazole rings is 1. The fourth-order valence-electron chi connectivity index (χ4n) is 2.42. The number of amides is 2. The van der Waals surface area contributed by atoms with Gasteiger partial charge in [0.15, 0.2) is 5.13 Å². The highest BCUT2D eigenvalue weighted by Gasteiger charge is 2.23. The maximum absolute atomic E-state index is 12.4. The van der Waals surface area contributed by atoms with E-state index in [9.17, 15) is 9.59 Å². The number of anilines is 1. The van der Waals surface area contributed by atoms with Gasteiger partial charge in [0.25, 0.3) is 0 Å². The molecule has 2 amide bonds. The minimum Gasteiger partial charge on any atom is -0.344 e. The Bertz CT molecular complexity index is 773. The van der Waals surface area contributed by atoms with Crippen molar-refractivity contribution in [1.82, 2.24) is 10.3 Å². The predicted octanol–water partition coefficient (Wildman–Crippen LogP) is 3.79. The maximum Gasteiger partial charge on any atom is 0.248 e. The van der Waals surface area contributed by atoms with E-state index in [2.05, 4.69) is 15.6 Å². The number of carbonyl (C=O) groups excluding carboxylic acids is 2. The van der Waals surface area contributed by atoms with Gasteiger partial charge in [0.1, 0.15) is 6.04 Å². The van der Waals surface area contributed by atoms with Crippen molar-refractivity contribution in [2.24, 2.45) is 5.92 Å². The van der Waals surface area contributed by atoms with Crippen LogP contribution in [0.3, 0.4) is 0 Å². The molecule has 0 spiro atoms. The van der Waals surface area contributed by atoms with Crippen LogP contribution in [0.1, 0.15) is 36.8 Å². The van der Waals surface area contributed by atoms with Gasteiger partial charge in [-0.2, -0.15) is 0 Å². The zero-order valence-electron chi connectivity index (χ0n) is 14.7. The lowest BCUT2D eigenvalue weighted by atomic mass is 10.0. The number of nitrogens with zero attached hydrogens (tertiary/aromatic N) is 1. The molecule has 0 saturated heterocycles. The highest BCUT2D eigenvalue weighted by atomic mass is 35.5. The molecule has 0 aliphatic heterocycles. The van der Waals surface area contributed by atoms with Crippen LogP contribution < -0.4 is 10.6 Å². The second-order valence-electron chi connectivity index (χ2n) is 6.27. The van der Waals surface area contributed by atoms with E-state index in [0.29, 0.717) is 11.6 Å². The highest BCUT2D eigenvalue weighted by molar-refractivity contribution is 7.15. The number of hydrogen-bond acceptors (Lipinski definition) is 4. The number of halogens is 1. The molecule has 1 aromatic heterocycles. The molecule has 1 atom stereocenters. The summed E-state index contributed by atoms with van der Waals surface area (Å²) in [5.41, 5.74) is 2.06. The topological polar surface area (TPSA) is 71.1 Å². The first kappa shape index (κ1) is 19.4. The molecule has 2 rings (SSSR count). The molecule has 0 aliphatic rings. The van der Waals surface area contributed by atoms with Crippen molar-refractivity contribution in [3.63, 3.8) is 0 Å². The van der Waals surface area contributed by atoms with E-state index in [1.54, 1.807) is 6.20 Å². The third-order valence-corrected chi connectivity index (χ3v) is 5.18. The first-order chi connectivity index (χ1) is 11.8. The van der Waals surface area contributed by atoms with E-state index in [1.165, 1.54) is 18.3 Å². The quantitative estimate of drug-likeness (QED) is 0.802. The summed E-state index contributed by atoms with van der Waals surface area (Å²) in [6.45, 7) is 7.13.